The molecule has 2 aliphatic rings. The monoisotopic (exact) mass is 684 g/mol. The van der Waals surface area contributed by atoms with Gasteiger partial charge in [0.05, 0.1) is 5.54 Å². The van der Waals surface area contributed by atoms with Crippen LogP contribution in [0.2, 0.25) is 5.02 Å². The summed E-state index contributed by atoms with van der Waals surface area (Å²) >= 11 is 6.02. The molecule has 2 fully saturated rings. The van der Waals surface area contributed by atoms with Gasteiger partial charge in [-0.25, -0.2) is 0 Å². The van der Waals surface area contributed by atoms with Crippen LogP contribution in [0.3, 0.4) is 0 Å². The fraction of sp³-hybridized carbons (Fsp3) is 0.375. The molecule has 1 heterocycles. The van der Waals surface area contributed by atoms with Crippen molar-refractivity contribution in [2.24, 2.45) is 5.92 Å². The molecule has 0 spiro atoms. The molecular weight excluding hydrogens is 653 g/mol. The summed E-state index contributed by atoms with van der Waals surface area (Å²) in [6.45, 7) is -0.178. The molecule has 0 atom stereocenters. The third kappa shape index (κ3) is 8.32. The predicted octanol–water partition coefficient (Wildman–Crippen LogP) is 4.96. The number of ether oxygens (including phenoxy) is 1. The molecule has 12 nitrogen and oxygen atoms in total. The van der Waals surface area contributed by atoms with E-state index in [9.17, 15) is 27.6 Å². The van der Waals surface area contributed by atoms with E-state index in [1.165, 1.54) is 0 Å². The Morgan fingerprint density at radius 3 is 2.21 bits per heavy atom. The first-order valence-corrected chi connectivity index (χ1v) is 15.8. The highest BCUT2D eigenvalue weighted by molar-refractivity contribution is 6.30. The highest BCUT2D eigenvalue weighted by Gasteiger charge is 2.45. The van der Waals surface area contributed by atoms with Crippen molar-refractivity contribution in [3.63, 3.8) is 0 Å². The second kappa shape index (κ2) is 13.7. The number of alkyl halides is 3. The lowest BCUT2D eigenvalue weighted by Gasteiger charge is -2.19. The number of nitrogens with one attached hydrogen (secondary N) is 5. The SMILES string of the molecule is O=C(NCCCNc1c(NCC2CC2)c(=O)c1=O)c1ccc(Nc2nc(NC3(c4ccc(Cl)cc4)CC3)nc(OCC(F)(F)F)n2)cc1. The quantitative estimate of drug-likeness (QED) is 0.0802. The molecule has 0 bridgehead atoms. The molecule has 0 radical (unpaired) electrons. The van der Waals surface area contributed by atoms with E-state index in [2.05, 4.69) is 41.5 Å². The summed E-state index contributed by atoms with van der Waals surface area (Å²) in [6.07, 6.45) is -0.330. The second-order valence-corrected chi connectivity index (χ2v) is 12.3. The number of carbonyl (C=O) groups is 1. The number of hydrogen-bond acceptors (Lipinski definition) is 11. The van der Waals surface area contributed by atoms with E-state index >= 15 is 0 Å². The van der Waals surface area contributed by atoms with E-state index in [1.807, 2.05) is 12.1 Å². The highest BCUT2D eigenvalue weighted by atomic mass is 35.5. The minimum Gasteiger partial charge on any atom is -0.454 e. The lowest BCUT2D eigenvalue weighted by Crippen LogP contribution is -2.38. The first kappa shape index (κ1) is 33.0. The zero-order chi connectivity index (χ0) is 33.9. The number of benzene rings is 2. The summed E-state index contributed by atoms with van der Waals surface area (Å²) in [5, 5.41) is 15.6. The normalized spacial score (nSPS) is 15.1. The van der Waals surface area contributed by atoms with Gasteiger partial charge in [-0.1, -0.05) is 23.7 Å². The number of nitrogens with zero attached hydrogens (tertiary/aromatic N) is 3. The Morgan fingerprint density at radius 2 is 1.56 bits per heavy atom. The lowest BCUT2D eigenvalue weighted by atomic mass is 10.1. The lowest BCUT2D eigenvalue weighted by molar-refractivity contribution is -0.154. The minimum absolute atomic E-state index is 0.0259. The Hall–Kier alpha value is -4.92. The van der Waals surface area contributed by atoms with Gasteiger partial charge < -0.3 is 31.3 Å². The van der Waals surface area contributed by atoms with Crippen LogP contribution in [-0.4, -0.2) is 53.3 Å². The summed E-state index contributed by atoms with van der Waals surface area (Å²) in [5.74, 6) is 0.197. The van der Waals surface area contributed by atoms with Crippen molar-refractivity contribution >= 4 is 46.5 Å². The molecule has 0 saturated heterocycles. The van der Waals surface area contributed by atoms with Gasteiger partial charge in [-0.2, -0.15) is 28.1 Å². The van der Waals surface area contributed by atoms with Crippen LogP contribution in [-0.2, 0) is 5.54 Å². The predicted molar refractivity (Wildman–Crippen MR) is 175 cm³/mol. The van der Waals surface area contributed by atoms with Gasteiger partial charge in [0.25, 0.3) is 16.8 Å². The van der Waals surface area contributed by atoms with Crippen LogP contribution >= 0.6 is 11.6 Å². The van der Waals surface area contributed by atoms with Gasteiger partial charge in [-0.05, 0) is 80.0 Å². The molecule has 6 rings (SSSR count). The highest BCUT2D eigenvalue weighted by Crippen LogP contribution is 2.48. The van der Waals surface area contributed by atoms with Crippen LogP contribution in [0.1, 0.15) is 48.0 Å². The molecule has 1 amide bonds. The van der Waals surface area contributed by atoms with Crippen molar-refractivity contribution < 1.29 is 22.7 Å². The summed E-state index contributed by atoms with van der Waals surface area (Å²) in [7, 11) is 0. The Balaban J connectivity index is 1.03. The number of rotatable bonds is 16. The van der Waals surface area contributed by atoms with Crippen LogP contribution in [0.4, 0.5) is 42.1 Å². The zero-order valence-electron chi connectivity index (χ0n) is 25.5. The molecule has 2 saturated carbocycles. The minimum atomic E-state index is -4.59. The molecule has 3 aromatic carbocycles. The third-order valence-corrected chi connectivity index (χ3v) is 8.25. The maximum atomic E-state index is 12.9. The van der Waals surface area contributed by atoms with Crippen LogP contribution in [0.15, 0.2) is 58.1 Å². The van der Waals surface area contributed by atoms with E-state index in [0.717, 1.165) is 31.2 Å². The van der Waals surface area contributed by atoms with Crippen LogP contribution in [0.25, 0.3) is 0 Å². The first-order valence-electron chi connectivity index (χ1n) is 15.4. The molecule has 5 N–H and O–H groups in total. The van der Waals surface area contributed by atoms with Crippen LogP contribution in [0.5, 0.6) is 6.01 Å². The molecule has 0 unspecified atom stereocenters. The molecule has 252 valence electrons. The maximum absolute atomic E-state index is 12.9. The maximum Gasteiger partial charge on any atom is 0.422 e. The van der Waals surface area contributed by atoms with Crippen LogP contribution < -0.4 is 42.2 Å². The van der Waals surface area contributed by atoms with Gasteiger partial charge in [0.2, 0.25) is 11.9 Å². The molecule has 2 aliphatic carbocycles. The second-order valence-electron chi connectivity index (χ2n) is 11.9. The van der Waals surface area contributed by atoms with Gasteiger partial charge in [-0.15, -0.1) is 0 Å². The smallest absolute Gasteiger partial charge is 0.422 e. The third-order valence-electron chi connectivity index (χ3n) is 8.00. The van der Waals surface area contributed by atoms with Gasteiger partial charge in [0.1, 0.15) is 11.4 Å². The van der Waals surface area contributed by atoms with Crippen molar-refractivity contribution in [2.75, 3.05) is 47.5 Å². The Kier molecular flexibility index (Phi) is 9.40. The van der Waals surface area contributed by atoms with E-state index < -0.39 is 35.2 Å². The summed E-state index contributed by atoms with van der Waals surface area (Å²) < 4.78 is 43.5. The number of carbonyl (C=O) groups excluding carboxylic acids is 1. The van der Waals surface area contributed by atoms with E-state index in [4.69, 9.17) is 16.3 Å². The van der Waals surface area contributed by atoms with Crippen molar-refractivity contribution in [1.29, 1.82) is 0 Å². The molecule has 1 aromatic heterocycles. The van der Waals surface area contributed by atoms with Gasteiger partial charge in [0.15, 0.2) is 6.61 Å². The van der Waals surface area contributed by atoms with Crippen molar-refractivity contribution in [3.05, 3.63) is 85.1 Å². The number of hydrogen-bond donors (Lipinski definition) is 5. The Bertz CT molecular complexity index is 1840. The Morgan fingerprint density at radius 1 is 0.896 bits per heavy atom. The van der Waals surface area contributed by atoms with Gasteiger partial charge in [-0.3, -0.25) is 14.4 Å². The molecule has 4 aromatic rings. The zero-order valence-corrected chi connectivity index (χ0v) is 26.3. The van der Waals surface area contributed by atoms with Crippen LogP contribution in [0, 0.1) is 5.92 Å². The standard InChI is InChI=1S/C32H32ClF3N8O4/c33-21-8-6-20(7-9-21)31(12-13-31)44-29-41-28(42-30(43-29)48-17-32(34,35)36)40-22-10-4-19(5-11-22)27(47)38-15-1-14-37-23-24(26(46)25(23)45)39-16-18-2-3-18/h4-11,18,37,39H,1-3,12-17H2,(H,38,47)(H2,40,41,42,43,44). The first-order chi connectivity index (χ1) is 23.0. The van der Waals surface area contributed by atoms with Gasteiger partial charge in [0, 0.05) is 35.9 Å². The average Bonchev–Trinajstić information content (AvgIpc) is 4.00. The fourth-order valence-corrected chi connectivity index (χ4v) is 5.14. The summed E-state index contributed by atoms with van der Waals surface area (Å²) in [5.41, 5.74) is 0.848. The van der Waals surface area contributed by atoms with Crippen molar-refractivity contribution in [2.45, 2.75) is 43.8 Å². The molecular formula is C32H32ClF3N8O4. The largest absolute Gasteiger partial charge is 0.454 e. The van der Waals surface area contributed by atoms with E-state index in [1.54, 1.807) is 36.4 Å². The van der Waals surface area contributed by atoms with Gasteiger partial charge >= 0.3 is 12.2 Å². The summed E-state index contributed by atoms with van der Waals surface area (Å²) in [4.78, 5) is 48.8. The fourth-order valence-electron chi connectivity index (χ4n) is 5.01. The number of amides is 1. The average molecular weight is 685 g/mol. The number of halogens is 4. The molecule has 48 heavy (non-hydrogen) atoms. The number of aromatic nitrogens is 3. The summed E-state index contributed by atoms with van der Waals surface area (Å²) in [6, 6.07) is 13.0. The topological polar surface area (TPSA) is 159 Å². The van der Waals surface area contributed by atoms with Crippen molar-refractivity contribution in [1.82, 2.24) is 20.3 Å². The molecule has 0 aliphatic heterocycles. The number of anilines is 5. The van der Waals surface area contributed by atoms with E-state index in [-0.39, 0.29) is 17.8 Å². The van der Waals surface area contributed by atoms with E-state index in [0.29, 0.717) is 59.6 Å². The molecule has 16 heteroatoms. The van der Waals surface area contributed by atoms with Crippen molar-refractivity contribution in [3.8, 4) is 6.01 Å². The Labute approximate surface area is 277 Å².